The minimum atomic E-state index is -0.853. The molecular formula is C10H15N3O3. The van der Waals surface area contributed by atoms with Crippen LogP contribution in [0, 0.1) is 0 Å². The van der Waals surface area contributed by atoms with Crippen molar-refractivity contribution in [3.63, 3.8) is 0 Å². The van der Waals surface area contributed by atoms with Gasteiger partial charge in [-0.2, -0.15) is 4.98 Å². The maximum Gasteiger partial charge on any atom is 0.305 e. The van der Waals surface area contributed by atoms with Crippen LogP contribution in [0.4, 0.5) is 5.82 Å². The van der Waals surface area contributed by atoms with Gasteiger partial charge >= 0.3 is 5.97 Å². The molecule has 6 nitrogen and oxygen atoms in total. The molecule has 6 heteroatoms. The van der Waals surface area contributed by atoms with E-state index >= 15 is 0 Å². The molecule has 1 aromatic heterocycles. The van der Waals surface area contributed by atoms with Gasteiger partial charge in [0.15, 0.2) is 0 Å². The Kier molecular flexibility index (Phi) is 4.50. The zero-order valence-corrected chi connectivity index (χ0v) is 9.30. The second-order valence-electron chi connectivity index (χ2n) is 3.32. The van der Waals surface area contributed by atoms with Crippen molar-refractivity contribution in [1.29, 1.82) is 0 Å². The van der Waals surface area contributed by atoms with Crippen LogP contribution in [-0.2, 0) is 4.79 Å². The van der Waals surface area contributed by atoms with E-state index in [-0.39, 0.29) is 12.5 Å². The molecule has 1 aromatic rings. The molecule has 0 aromatic carbocycles. The van der Waals surface area contributed by atoms with Gasteiger partial charge in [0.2, 0.25) is 5.88 Å². The normalized spacial score (nSPS) is 11.9. The van der Waals surface area contributed by atoms with Crippen molar-refractivity contribution in [1.82, 2.24) is 9.97 Å². The van der Waals surface area contributed by atoms with Gasteiger partial charge in [-0.05, 0) is 13.8 Å². The van der Waals surface area contributed by atoms with Crippen LogP contribution in [0.5, 0.6) is 5.88 Å². The van der Waals surface area contributed by atoms with Crippen molar-refractivity contribution in [3.05, 3.63) is 12.4 Å². The molecule has 0 amide bonds. The van der Waals surface area contributed by atoms with Crippen molar-refractivity contribution in [3.8, 4) is 5.88 Å². The minimum Gasteiger partial charge on any atom is -0.481 e. The molecule has 88 valence electrons. The molecule has 0 fully saturated rings. The fourth-order valence-electron chi connectivity index (χ4n) is 1.20. The monoisotopic (exact) mass is 225 g/mol. The molecule has 1 rings (SSSR count). The Balaban J connectivity index is 2.59. The first-order valence-electron chi connectivity index (χ1n) is 5.05. The highest BCUT2D eigenvalue weighted by Gasteiger charge is 2.08. The zero-order chi connectivity index (χ0) is 12.0. The number of nitrogens with zero attached hydrogens (tertiary/aromatic N) is 2. The van der Waals surface area contributed by atoms with Gasteiger partial charge in [-0.3, -0.25) is 9.78 Å². The molecule has 0 bridgehead atoms. The number of rotatable bonds is 6. The second-order valence-corrected chi connectivity index (χ2v) is 3.32. The molecule has 0 spiro atoms. The maximum atomic E-state index is 10.5. The SMILES string of the molecule is CCOc1cncc(NC(C)CC(=O)O)n1. The number of carboxylic acids is 1. The van der Waals surface area contributed by atoms with Crippen LogP contribution < -0.4 is 10.1 Å². The molecule has 0 saturated heterocycles. The lowest BCUT2D eigenvalue weighted by molar-refractivity contribution is -0.137. The Morgan fingerprint density at radius 3 is 3.00 bits per heavy atom. The molecule has 0 aliphatic rings. The smallest absolute Gasteiger partial charge is 0.305 e. The van der Waals surface area contributed by atoms with Crippen LogP contribution in [0.3, 0.4) is 0 Å². The molecule has 2 N–H and O–H groups in total. The minimum absolute atomic E-state index is 0.0283. The van der Waals surface area contributed by atoms with Gasteiger partial charge in [0.25, 0.3) is 0 Å². The lowest BCUT2D eigenvalue weighted by Crippen LogP contribution is -2.20. The average molecular weight is 225 g/mol. The van der Waals surface area contributed by atoms with Crippen molar-refractivity contribution in [2.24, 2.45) is 0 Å². The Bertz CT molecular complexity index is 357. The molecule has 1 atom stereocenters. The summed E-state index contributed by atoms with van der Waals surface area (Å²) in [6.45, 7) is 4.14. The summed E-state index contributed by atoms with van der Waals surface area (Å²) in [5, 5.41) is 11.5. The molecule has 0 radical (unpaired) electrons. The van der Waals surface area contributed by atoms with Crippen LogP contribution in [0.15, 0.2) is 12.4 Å². The number of hydrogen-bond acceptors (Lipinski definition) is 5. The number of aromatic nitrogens is 2. The molecule has 0 aliphatic heterocycles. The molecule has 1 heterocycles. The first-order chi connectivity index (χ1) is 7.61. The highest BCUT2D eigenvalue weighted by molar-refractivity contribution is 5.68. The Morgan fingerprint density at radius 2 is 2.38 bits per heavy atom. The third-order valence-electron chi connectivity index (χ3n) is 1.78. The summed E-state index contributed by atoms with van der Waals surface area (Å²) >= 11 is 0. The van der Waals surface area contributed by atoms with E-state index in [0.29, 0.717) is 18.3 Å². The predicted molar refractivity (Wildman–Crippen MR) is 58.5 cm³/mol. The standard InChI is InChI=1S/C10H15N3O3/c1-3-16-9-6-11-5-8(13-9)12-7(2)4-10(14)15/h5-7H,3-4H2,1-2H3,(H,12,13)(H,14,15). The summed E-state index contributed by atoms with van der Waals surface area (Å²) in [4.78, 5) is 18.5. The topological polar surface area (TPSA) is 84.3 Å². The van der Waals surface area contributed by atoms with Crippen molar-refractivity contribution in [2.75, 3.05) is 11.9 Å². The van der Waals surface area contributed by atoms with E-state index < -0.39 is 5.97 Å². The first kappa shape index (κ1) is 12.2. The highest BCUT2D eigenvalue weighted by Crippen LogP contribution is 2.10. The molecule has 1 unspecified atom stereocenters. The van der Waals surface area contributed by atoms with E-state index in [1.54, 1.807) is 6.92 Å². The van der Waals surface area contributed by atoms with E-state index in [1.165, 1.54) is 12.4 Å². The summed E-state index contributed by atoms with van der Waals surface area (Å²) in [6.07, 6.45) is 3.07. The van der Waals surface area contributed by atoms with Crippen LogP contribution in [0.25, 0.3) is 0 Å². The van der Waals surface area contributed by atoms with Gasteiger partial charge in [0.1, 0.15) is 5.82 Å². The Morgan fingerprint density at radius 1 is 1.62 bits per heavy atom. The van der Waals surface area contributed by atoms with E-state index in [1.807, 2.05) is 6.92 Å². The van der Waals surface area contributed by atoms with E-state index in [9.17, 15) is 4.79 Å². The van der Waals surface area contributed by atoms with Gasteiger partial charge in [0, 0.05) is 6.04 Å². The second kappa shape index (κ2) is 5.89. The number of ether oxygens (including phenoxy) is 1. The Hall–Kier alpha value is -1.85. The fourth-order valence-corrected chi connectivity index (χ4v) is 1.20. The van der Waals surface area contributed by atoms with E-state index in [4.69, 9.17) is 9.84 Å². The number of aliphatic carboxylic acids is 1. The first-order valence-corrected chi connectivity index (χ1v) is 5.05. The van der Waals surface area contributed by atoms with Crippen molar-refractivity contribution >= 4 is 11.8 Å². The third kappa shape index (κ3) is 4.12. The number of nitrogens with one attached hydrogen (secondary N) is 1. The van der Waals surface area contributed by atoms with Gasteiger partial charge in [0.05, 0.1) is 25.4 Å². The third-order valence-corrected chi connectivity index (χ3v) is 1.78. The zero-order valence-electron chi connectivity index (χ0n) is 9.30. The summed E-state index contributed by atoms with van der Waals surface area (Å²) in [7, 11) is 0. The lowest BCUT2D eigenvalue weighted by atomic mass is 10.2. The Labute approximate surface area is 93.7 Å². The van der Waals surface area contributed by atoms with Crippen molar-refractivity contribution < 1.29 is 14.6 Å². The van der Waals surface area contributed by atoms with Crippen LogP contribution in [0.2, 0.25) is 0 Å². The molecule has 0 aliphatic carbocycles. The van der Waals surface area contributed by atoms with Crippen LogP contribution in [0.1, 0.15) is 20.3 Å². The van der Waals surface area contributed by atoms with E-state index in [0.717, 1.165) is 0 Å². The maximum absolute atomic E-state index is 10.5. The van der Waals surface area contributed by atoms with Crippen molar-refractivity contribution in [2.45, 2.75) is 26.3 Å². The van der Waals surface area contributed by atoms with Gasteiger partial charge in [-0.15, -0.1) is 0 Å². The summed E-state index contributed by atoms with van der Waals surface area (Å²) in [5.74, 6) is 0.0867. The fraction of sp³-hybridized carbons (Fsp3) is 0.500. The molecule has 0 saturated carbocycles. The number of carboxylic acid groups (broad SMARTS) is 1. The average Bonchev–Trinajstić information content (AvgIpc) is 2.17. The summed E-state index contributed by atoms with van der Waals surface area (Å²) in [6, 6.07) is -0.205. The largest absolute Gasteiger partial charge is 0.481 e. The molecule has 16 heavy (non-hydrogen) atoms. The number of hydrogen-bond donors (Lipinski definition) is 2. The number of anilines is 1. The summed E-state index contributed by atoms with van der Waals surface area (Å²) in [5.41, 5.74) is 0. The van der Waals surface area contributed by atoms with Gasteiger partial charge in [-0.1, -0.05) is 0 Å². The van der Waals surface area contributed by atoms with Crippen LogP contribution in [-0.4, -0.2) is 33.7 Å². The molecular weight excluding hydrogens is 210 g/mol. The number of carbonyl (C=O) groups is 1. The van der Waals surface area contributed by atoms with Gasteiger partial charge in [-0.25, -0.2) is 0 Å². The predicted octanol–water partition coefficient (Wildman–Crippen LogP) is 1.15. The van der Waals surface area contributed by atoms with Gasteiger partial charge < -0.3 is 15.2 Å². The summed E-state index contributed by atoms with van der Waals surface area (Å²) < 4.78 is 5.18. The quantitative estimate of drug-likeness (QED) is 0.755. The van der Waals surface area contributed by atoms with Crippen LogP contribution >= 0.6 is 0 Å². The lowest BCUT2D eigenvalue weighted by Gasteiger charge is -2.12. The highest BCUT2D eigenvalue weighted by atomic mass is 16.5. The van der Waals surface area contributed by atoms with E-state index in [2.05, 4.69) is 15.3 Å².